The van der Waals surface area contributed by atoms with Gasteiger partial charge in [0, 0.05) is 24.9 Å². The molecule has 2 N–H and O–H groups in total. The van der Waals surface area contributed by atoms with E-state index in [-0.39, 0.29) is 18.2 Å². The number of aliphatic carboxylic acids is 1. The molecule has 1 aliphatic rings. The lowest BCUT2D eigenvalue weighted by Crippen LogP contribution is -2.41. The molecule has 1 atom stereocenters. The number of carboxylic acid groups (broad SMARTS) is 1. The van der Waals surface area contributed by atoms with Crippen molar-refractivity contribution in [3.63, 3.8) is 0 Å². The summed E-state index contributed by atoms with van der Waals surface area (Å²) in [5, 5.41) is 11.8. The number of hydrogen-bond acceptors (Lipinski definition) is 3. The molecule has 20 heavy (non-hydrogen) atoms. The standard InChI is InChI=1S/C14H24N2O4/c1-14(2,3)13(20)15-8-4-7-11(17)16-9-5-6-10(16)12(18)19/h10H,4-9H2,1-3H3,(H,15,20)(H,18,19). The van der Waals surface area contributed by atoms with Crippen molar-refractivity contribution in [2.75, 3.05) is 13.1 Å². The van der Waals surface area contributed by atoms with Gasteiger partial charge in [0.25, 0.3) is 0 Å². The fourth-order valence-corrected chi connectivity index (χ4v) is 2.17. The molecule has 6 heteroatoms. The highest BCUT2D eigenvalue weighted by molar-refractivity contribution is 5.84. The predicted molar refractivity (Wildman–Crippen MR) is 74.1 cm³/mol. The van der Waals surface area contributed by atoms with Gasteiger partial charge in [-0.1, -0.05) is 20.8 Å². The highest BCUT2D eigenvalue weighted by atomic mass is 16.4. The van der Waals surface area contributed by atoms with E-state index in [2.05, 4.69) is 5.32 Å². The lowest BCUT2D eigenvalue weighted by molar-refractivity contribution is -0.148. The van der Waals surface area contributed by atoms with Crippen LogP contribution < -0.4 is 5.32 Å². The Balaban J connectivity index is 2.30. The molecule has 1 unspecified atom stereocenters. The number of rotatable bonds is 5. The molecule has 6 nitrogen and oxygen atoms in total. The minimum Gasteiger partial charge on any atom is -0.480 e. The molecule has 1 heterocycles. The van der Waals surface area contributed by atoms with Crippen LogP contribution in [0.2, 0.25) is 0 Å². The summed E-state index contributed by atoms with van der Waals surface area (Å²) in [5.74, 6) is -1.12. The van der Waals surface area contributed by atoms with E-state index in [4.69, 9.17) is 5.11 Å². The lowest BCUT2D eigenvalue weighted by Gasteiger charge is -2.21. The molecule has 0 spiro atoms. The lowest BCUT2D eigenvalue weighted by atomic mass is 9.96. The van der Waals surface area contributed by atoms with Gasteiger partial charge in [0.15, 0.2) is 0 Å². The Kier molecular flexibility index (Phi) is 5.53. The molecule has 0 aromatic heterocycles. The zero-order valence-electron chi connectivity index (χ0n) is 12.4. The second kappa shape index (κ2) is 6.72. The van der Waals surface area contributed by atoms with Gasteiger partial charge < -0.3 is 15.3 Å². The predicted octanol–water partition coefficient (Wildman–Crippen LogP) is 1.00. The fourth-order valence-electron chi connectivity index (χ4n) is 2.17. The summed E-state index contributed by atoms with van der Waals surface area (Å²) in [5.41, 5.74) is -0.437. The average Bonchev–Trinajstić information content (AvgIpc) is 2.82. The maximum Gasteiger partial charge on any atom is 0.326 e. The van der Waals surface area contributed by atoms with Crippen molar-refractivity contribution in [3.05, 3.63) is 0 Å². The van der Waals surface area contributed by atoms with Crippen molar-refractivity contribution >= 4 is 17.8 Å². The molecule has 0 aliphatic carbocycles. The summed E-state index contributed by atoms with van der Waals surface area (Å²) >= 11 is 0. The van der Waals surface area contributed by atoms with E-state index in [0.29, 0.717) is 25.9 Å². The van der Waals surface area contributed by atoms with Crippen molar-refractivity contribution in [1.29, 1.82) is 0 Å². The first-order chi connectivity index (χ1) is 9.23. The average molecular weight is 284 g/mol. The van der Waals surface area contributed by atoms with Crippen LogP contribution >= 0.6 is 0 Å². The maximum atomic E-state index is 12.0. The van der Waals surface area contributed by atoms with Gasteiger partial charge in [0.05, 0.1) is 0 Å². The first-order valence-corrected chi connectivity index (χ1v) is 7.04. The van der Waals surface area contributed by atoms with Crippen LogP contribution in [-0.2, 0) is 14.4 Å². The smallest absolute Gasteiger partial charge is 0.326 e. The topological polar surface area (TPSA) is 86.7 Å². The van der Waals surface area contributed by atoms with Crippen LogP contribution in [-0.4, -0.2) is 46.9 Å². The van der Waals surface area contributed by atoms with Gasteiger partial charge in [-0.25, -0.2) is 4.79 Å². The summed E-state index contributed by atoms with van der Waals surface area (Å²) in [6.45, 7) is 6.44. The van der Waals surface area contributed by atoms with Crippen LogP contribution in [0.3, 0.4) is 0 Å². The monoisotopic (exact) mass is 284 g/mol. The zero-order valence-corrected chi connectivity index (χ0v) is 12.4. The first-order valence-electron chi connectivity index (χ1n) is 7.04. The second-order valence-corrected chi connectivity index (χ2v) is 6.19. The van der Waals surface area contributed by atoms with E-state index in [1.165, 1.54) is 4.90 Å². The van der Waals surface area contributed by atoms with Gasteiger partial charge in [-0.15, -0.1) is 0 Å². The third-order valence-corrected chi connectivity index (χ3v) is 3.39. The van der Waals surface area contributed by atoms with E-state index >= 15 is 0 Å². The van der Waals surface area contributed by atoms with Crippen molar-refractivity contribution in [1.82, 2.24) is 10.2 Å². The molecular weight excluding hydrogens is 260 g/mol. The Morgan fingerprint density at radius 2 is 1.95 bits per heavy atom. The van der Waals surface area contributed by atoms with Gasteiger partial charge in [0.1, 0.15) is 6.04 Å². The third-order valence-electron chi connectivity index (χ3n) is 3.39. The van der Waals surface area contributed by atoms with Crippen molar-refractivity contribution < 1.29 is 19.5 Å². The largest absolute Gasteiger partial charge is 0.480 e. The van der Waals surface area contributed by atoms with Gasteiger partial charge in [0.2, 0.25) is 11.8 Å². The van der Waals surface area contributed by atoms with Crippen LogP contribution in [0.1, 0.15) is 46.5 Å². The Morgan fingerprint density at radius 1 is 1.30 bits per heavy atom. The van der Waals surface area contributed by atoms with Gasteiger partial charge in [-0.3, -0.25) is 9.59 Å². The van der Waals surface area contributed by atoms with Crippen LogP contribution in [0.15, 0.2) is 0 Å². The van der Waals surface area contributed by atoms with Crippen LogP contribution in [0, 0.1) is 5.41 Å². The minimum atomic E-state index is -0.933. The SMILES string of the molecule is CC(C)(C)C(=O)NCCCC(=O)N1CCCC1C(=O)O. The molecule has 1 rings (SSSR count). The molecule has 0 aromatic rings. The number of carbonyl (C=O) groups is 3. The molecule has 1 saturated heterocycles. The summed E-state index contributed by atoms with van der Waals surface area (Å²) in [6.07, 6.45) is 2.07. The van der Waals surface area contributed by atoms with E-state index in [9.17, 15) is 14.4 Å². The summed E-state index contributed by atoms with van der Waals surface area (Å²) in [7, 11) is 0. The summed E-state index contributed by atoms with van der Waals surface area (Å²) in [4.78, 5) is 36.0. The van der Waals surface area contributed by atoms with Crippen LogP contribution in [0.5, 0.6) is 0 Å². The van der Waals surface area contributed by atoms with Crippen LogP contribution in [0.25, 0.3) is 0 Å². The number of likely N-dealkylation sites (tertiary alicyclic amines) is 1. The van der Waals surface area contributed by atoms with Crippen LogP contribution in [0.4, 0.5) is 0 Å². The Morgan fingerprint density at radius 3 is 2.50 bits per heavy atom. The molecule has 114 valence electrons. The molecule has 1 fully saturated rings. The molecule has 0 saturated carbocycles. The fraction of sp³-hybridized carbons (Fsp3) is 0.786. The van der Waals surface area contributed by atoms with E-state index in [1.807, 2.05) is 20.8 Å². The Bertz CT molecular complexity index is 387. The minimum absolute atomic E-state index is 0.0467. The van der Waals surface area contributed by atoms with Gasteiger partial charge in [-0.05, 0) is 19.3 Å². The summed E-state index contributed by atoms with van der Waals surface area (Å²) < 4.78 is 0. The number of nitrogens with zero attached hydrogens (tertiary/aromatic N) is 1. The third kappa shape index (κ3) is 4.51. The number of amides is 2. The molecular formula is C14H24N2O4. The van der Waals surface area contributed by atoms with Crippen molar-refractivity contribution in [2.24, 2.45) is 5.41 Å². The highest BCUT2D eigenvalue weighted by Gasteiger charge is 2.33. The van der Waals surface area contributed by atoms with Gasteiger partial charge in [-0.2, -0.15) is 0 Å². The number of carbonyl (C=O) groups excluding carboxylic acids is 2. The normalized spacial score (nSPS) is 18.9. The van der Waals surface area contributed by atoms with E-state index in [0.717, 1.165) is 6.42 Å². The summed E-state index contributed by atoms with van der Waals surface area (Å²) in [6, 6.07) is -0.674. The second-order valence-electron chi connectivity index (χ2n) is 6.19. The molecule has 0 bridgehead atoms. The van der Waals surface area contributed by atoms with Crippen molar-refractivity contribution in [2.45, 2.75) is 52.5 Å². The highest BCUT2D eigenvalue weighted by Crippen LogP contribution is 2.18. The quantitative estimate of drug-likeness (QED) is 0.737. The van der Waals surface area contributed by atoms with Gasteiger partial charge >= 0.3 is 5.97 Å². The maximum absolute atomic E-state index is 12.0. The molecule has 0 radical (unpaired) electrons. The number of hydrogen-bond donors (Lipinski definition) is 2. The molecule has 1 aliphatic heterocycles. The number of carboxylic acids is 1. The molecule has 2 amide bonds. The van der Waals surface area contributed by atoms with E-state index in [1.54, 1.807) is 0 Å². The zero-order chi connectivity index (χ0) is 15.3. The Labute approximate surface area is 119 Å². The first kappa shape index (κ1) is 16.5. The van der Waals surface area contributed by atoms with E-state index < -0.39 is 17.4 Å². The van der Waals surface area contributed by atoms with Crippen molar-refractivity contribution in [3.8, 4) is 0 Å². The molecule has 0 aromatic carbocycles. The Hall–Kier alpha value is -1.59. The number of nitrogens with one attached hydrogen (secondary N) is 1.